The lowest BCUT2D eigenvalue weighted by atomic mass is 9.91. The quantitative estimate of drug-likeness (QED) is 0.104. The molecule has 0 radical (unpaired) electrons. The normalized spacial score (nSPS) is 12.6. The van der Waals surface area contributed by atoms with Gasteiger partial charge in [0.15, 0.2) is 0 Å². The van der Waals surface area contributed by atoms with Gasteiger partial charge in [0, 0.05) is 0 Å². The monoisotopic (exact) mass is 466 g/mol. The van der Waals surface area contributed by atoms with Gasteiger partial charge >= 0.3 is 0 Å². The summed E-state index contributed by atoms with van der Waals surface area (Å²) in [6, 6.07) is 0. The maximum atomic E-state index is 2.38. The van der Waals surface area contributed by atoms with E-state index in [1.807, 2.05) is 0 Å². The largest absolute Gasteiger partial charge is 0.309 e. The van der Waals surface area contributed by atoms with Crippen molar-refractivity contribution in [2.45, 2.75) is 181 Å². The standard InChI is InChI=1S/C32H67N/c1-5-7-9-11-13-14-15-16-17-18-19-20-21-22-23-25-27-29-32(30-31-33(3)4)28-26-24-12-10-8-6-2/h32H,5-31H2,1-4H3. The highest BCUT2D eigenvalue weighted by Crippen LogP contribution is 2.22. The van der Waals surface area contributed by atoms with Crippen LogP contribution < -0.4 is 0 Å². The molecule has 0 aromatic rings. The minimum absolute atomic E-state index is 0.981. The van der Waals surface area contributed by atoms with Crippen molar-refractivity contribution in [2.75, 3.05) is 20.6 Å². The van der Waals surface area contributed by atoms with Crippen LogP contribution in [0, 0.1) is 5.92 Å². The second-order valence-electron chi connectivity index (χ2n) is 11.5. The number of unbranched alkanes of at least 4 members (excludes halogenated alkanes) is 21. The van der Waals surface area contributed by atoms with Crippen LogP contribution in [0.3, 0.4) is 0 Å². The minimum Gasteiger partial charge on any atom is -0.309 e. The zero-order chi connectivity index (χ0) is 24.2. The van der Waals surface area contributed by atoms with Gasteiger partial charge in [-0.05, 0) is 33.0 Å². The molecule has 200 valence electrons. The maximum Gasteiger partial charge on any atom is -0.00222 e. The Kier molecular flexibility index (Phi) is 28.2. The first-order valence-electron chi connectivity index (χ1n) is 15.8. The van der Waals surface area contributed by atoms with Crippen LogP contribution in [-0.4, -0.2) is 25.5 Å². The molecule has 0 aliphatic carbocycles. The van der Waals surface area contributed by atoms with E-state index in [1.165, 1.54) is 173 Å². The molecule has 0 aliphatic rings. The zero-order valence-corrected chi connectivity index (χ0v) is 24.1. The summed E-state index contributed by atoms with van der Waals surface area (Å²) >= 11 is 0. The lowest BCUT2D eigenvalue weighted by molar-refractivity contribution is 0.314. The molecule has 0 saturated heterocycles. The average molecular weight is 466 g/mol. The van der Waals surface area contributed by atoms with Crippen LogP contribution in [-0.2, 0) is 0 Å². The van der Waals surface area contributed by atoms with E-state index in [9.17, 15) is 0 Å². The van der Waals surface area contributed by atoms with E-state index in [0.717, 1.165) is 5.92 Å². The third kappa shape index (κ3) is 28.1. The van der Waals surface area contributed by atoms with E-state index >= 15 is 0 Å². The summed E-state index contributed by atoms with van der Waals surface area (Å²) in [5, 5.41) is 0. The molecule has 0 aliphatic heterocycles. The first-order valence-corrected chi connectivity index (χ1v) is 15.8. The SMILES string of the molecule is CCCCCCCCCCCCCCCCCCCC(CCCCCCCC)CCN(C)C. The smallest absolute Gasteiger partial charge is 0.00222 e. The van der Waals surface area contributed by atoms with E-state index in [0.29, 0.717) is 0 Å². The van der Waals surface area contributed by atoms with Gasteiger partial charge in [0.1, 0.15) is 0 Å². The van der Waals surface area contributed by atoms with E-state index < -0.39 is 0 Å². The van der Waals surface area contributed by atoms with Crippen LogP contribution in [0.5, 0.6) is 0 Å². The van der Waals surface area contributed by atoms with E-state index in [4.69, 9.17) is 0 Å². The Labute approximate surface area is 212 Å². The van der Waals surface area contributed by atoms with Gasteiger partial charge in [-0.1, -0.05) is 174 Å². The van der Waals surface area contributed by atoms with Crippen molar-refractivity contribution in [1.29, 1.82) is 0 Å². The number of nitrogens with zero attached hydrogens (tertiary/aromatic N) is 1. The maximum absolute atomic E-state index is 2.38. The van der Waals surface area contributed by atoms with Crippen molar-refractivity contribution < 1.29 is 0 Å². The molecule has 0 saturated carbocycles. The Bertz CT molecular complexity index is 337. The van der Waals surface area contributed by atoms with Crippen LogP contribution >= 0.6 is 0 Å². The molecule has 0 aromatic carbocycles. The van der Waals surface area contributed by atoms with Crippen LogP contribution in [0.4, 0.5) is 0 Å². The van der Waals surface area contributed by atoms with Crippen molar-refractivity contribution in [3.05, 3.63) is 0 Å². The summed E-state index contributed by atoms with van der Waals surface area (Å²) in [5.41, 5.74) is 0. The Morgan fingerprint density at radius 1 is 0.364 bits per heavy atom. The molecule has 1 unspecified atom stereocenters. The van der Waals surface area contributed by atoms with Gasteiger partial charge in [0.25, 0.3) is 0 Å². The second-order valence-corrected chi connectivity index (χ2v) is 11.5. The lowest BCUT2D eigenvalue weighted by Gasteiger charge is -2.19. The fraction of sp³-hybridized carbons (Fsp3) is 1.00. The summed E-state index contributed by atoms with van der Waals surface area (Å²) < 4.78 is 0. The molecule has 1 atom stereocenters. The Morgan fingerprint density at radius 2 is 0.636 bits per heavy atom. The molecule has 0 rings (SSSR count). The van der Waals surface area contributed by atoms with Crippen LogP contribution in [0.1, 0.15) is 181 Å². The number of rotatable bonds is 28. The van der Waals surface area contributed by atoms with Crippen molar-refractivity contribution >= 4 is 0 Å². The van der Waals surface area contributed by atoms with Gasteiger partial charge in [0.2, 0.25) is 0 Å². The fourth-order valence-electron chi connectivity index (χ4n) is 5.25. The van der Waals surface area contributed by atoms with Crippen molar-refractivity contribution in [3.8, 4) is 0 Å². The Balaban J connectivity index is 3.47. The first kappa shape index (κ1) is 33.0. The molecular weight excluding hydrogens is 398 g/mol. The fourth-order valence-corrected chi connectivity index (χ4v) is 5.25. The van der Waals surface area contributed by atoms with E-state index in [2.05, 4.69) is 32.8 Å². The first-order chi connectivity index (χ1) is 16.2. The molecule has 1 nitrogen and oxygen atoms in total. The zero-order valence-electron chi connectivity index (χ0n) is 24.1. The molecule has 1 heteroatoms. The highest BCUT2D eigenvalue weighted by atomic mass is 15.0. The molecule has 0 bridgehead atoms. The molecule has 33 heavy (non-hydrogen) atoms. The van der Waals surface area contributed by atoms with Crippen molar-refractivity contribution in [2.24, 2.45) is 5.92 Å². The Hall–Kier alpha value is -0.0400. The molecule has 0 N–H and O–H groups in total. The summed E-state index contributed by atoms with van der Waals surface area (Å²) in [6.45, 7) is 5.90. The van der Waals surface area contributed by atoms with Gasteiger partial charge in [-0.3, -0.25) is 0 Å². The topological polar surface area (TPSA) is 3.24 Å². The van der Waals surface area contributed by atoms with Gasteiger partial charge in [0.05, 0.1) is 0 Å². The summed E-state index contributed by atoms with van der Waals surface area (Å²) in [6.07, 6.45) is 38.1. The molecule has 0 amide bonds. The molecule has 0 spiro atoms. The van der Waals surface area contributed by atoms with Gasteiger partial charge in [-0.2, -0.15) is 0 Å². The third-order valence-electron chi connectivity index (χ3n) is 7.67. The van der Waals surface area contributed by atoms with Crippen LogP contribution in [0.25, 0.3) is 0 Å². The van der Waals surface area contributed by atoms with Crippen molar-refractivity contribution in [3.63, 3.8) is 0 Å². The van der Waals surface area contributed by atoms with Gasteiger partial charge < -0.3 is 4.90 Å². The average Bonchev–Trinajstić information content (AvgIpc) is 2.81. The lowest BCUT2D eigenvalue weighted by Crippen LogP contribution is -2.17. The molecule has 0 aromatic heterocycles. The summed E-state index contributed by atoms with van der Waals surface area (Å²) in [7, 11) is 4.47. The second kappa shape index (κ2) is 28.2. The molecular formula is C32H67N. The van der Waals surface area contributed by atoms with Crippen LogP contribution in [0.2, 0.25) is 0 Å². The predicted molar refractivity (Wildman–Crippen MR) is 153 cm³/mol. The number of hydrogen-bond donors (Lipinski definition) is 0. The highest BCUT2D eigenvalue weighted by molar-refractivity contribution is 4.63. The van der Waals surface area contributed by atoms with Gasteiger partial charge in [-0.25, -0.2) is 0 Å². The molecule has 0 fully saturated rings. The van der Waals surface area contributed by atoms with Crippen LogP contribution in [0.15, 0.2) is 0 Å². The minimum atomic E-state index is 0.981. The Morgan fingerprint density at radius 3 is 0.909 bits per heavy atom. The van der Waals surface area contributed by atoms with E-state index in [-0.39, 0.29) is 0 Å². The van der Waals surface area contributed by atoms with E-state index in [1.54, 1.807) is 0 Å². The highest BCUT2D eigenvalue weighted by Gasteiger charge is 2.09. The molecule has 0 heterocycles. The van der Waals surface area contributed by atoms with Crippen molar-refractivity contribution in [1.82, 2.24) is 4.90 Å². The predicted octanol–water partition coefficient (Wildman–Crippen LogP) is 11.3. The summed E-state index contributed by atoms with van der Waals surface area (Å²) in [4.78, 5) is 2.38. The van der Waals surface area contributed by atoms with Gasteiger partial charge in [-0.15, -0.1) is 0 Å². The number of hydrogen-bond acceptors (Lipinski definition) is 1. The summed E-state index contributed by atoms with van der Waals surface area (Å²) in [5.74, 6) is 0.981. The third-order valence-corrected chi connectivity index (χ3v) is 7.67.